The van der Waals surface area contributed by atoms with E-state index in [1.807, 2.05) is 0 Å². The molecule has 3 unspecified atom stereocenters. The first-order valence-corrected chi connectivity index (χ1v) is 8.08. The topological polar surface area (TPSA) is 53.2 Å². The van der Waals surface area contributed by atoms with Crippen LogP contribution in [0.15, 0.2) is 12.3 Å². The first kappa shape index (κ1) is 14.4. The lowest BCUT2D eigenvalue weighted by atomic mass is 9.72. The van der Waals surface area contributed by atoms with E-state index < -0.39 is 0 Å². The van der Waals surface area contributed by atoms with Gasteiger partial charge in [-0.05, 0) is 44.1 Å². The van der Waals surface area contributed by atoms with Gasteiger partial charge in [-0.1, -0.05) is 19.8 Å². The standard InChI is InChI=1S/C17H24N2O2/c1-11-7-8-19(16-6-4-3-5-14(11)16)17(21)15-9-13(10-18-15)12(2)20/h9-11,14,16,18H,3-8H2,1-2H3. The minimum Gasteiger partial charge on any atom is -0.356 e. The number of amides is 1. The van der Waals surface area contributed by atoms with Crippen molar-refractivity contribution in [2.75, 3.05) is 6.54 Å². The average Bonchev–Trinajstić information content (AvgIpc) is 2.97. The van der Waals surface area contributed by atoms with Crippen LogP contribution in [0.4, 0.5) is 0 Å². The maximum absolute atomic E-state index is 12.8. The number of hydrogen-bond acceptors (Lipinski definition) is 2. The van der Waals surface area contributed by atoms with E-state index in [2.05, 4.69) is 16.8 Å². The number of likely N-dealkylation sites (tertiary alicyclic amines) is 1. The number of hydrogen-bond donors (Lipinski definition) is 1. The van der Waals surface area contributed by atoms with Gasteiger partial charge in [0.2, 0.25) is 0 Å². The molecule has 2 aliphatic rings. The van der Waals surface area contributed by atoms with Crippen molar-refractivity contribution < 1.29 is 9.59 Å². The molecule has 1 aromatic heterocycles. The summed E-state index contributed by atoms with van der Waals surface area (Å²) in [5.74, 6) is 1.42. The number of carbonyl (C=O) groups is 2. The zero-order valence-electron chi connectivity index (χ0n) is 12.9. The molecular weight excluding hydrogens is 264 g/mol. The number of ketones is 1. The maximum Gasteiger partial charge on any atom is 0.270 e. The molecule has 4 nitrogen and oxygen atoms in total. The highest BCUT2D eigenvalue weighted by Crippen LogP contribution is 2.39. The molecule has 1 saturated heterocycles. The van der Waals surface area contributed by atoms with Gasteiger partial charge in [-0.15, -0.1) is 0 Å². The normalized spacial score (nSPS) is 29.0. The van der Waals surface area contributed by atoms with Crippen molar-refractivity contribution in [3.8, 4) is 0 Å². The van der Waals surface area contributed by atoms with E-state index >= 15 is 0 Å². The summed E-state index contributed by atoms with van der Waals surface area (Å²) < 4.78 is 0. The number of nitrogens with one attached hydrogen (secondary N) is 1. The molecule has 1 aliphatic carbocycles. The molecule has 1 N–H and O–H groups in total. The Kier molecular flexibility index (Phi) is 3.87. The van der Waals surface area contributed by atoms with Gasteiger partial charge < -0.3 is 9.88 Å². The van der Waals surface area contributed by atoms with Crippen molar-refractivity contribution in [2.24, 2.45) is 11.8 Å². The molecule has 0 aromatic carbocycles. The fraction of sp³-hybridized carbons (Fsp3) is 0.647. The third-order valence-electron chi connectivity index (χ3n) is 5.32. The van der Waals surface area contributed by atoms with Crippen LogP contribution in [0.25, 0.3) is 0 Å². The average molecular weight is 288 g/mol. The van der Waals surface area contributed by atoms with Gasteiger partial charge in [0.1, 0.15) is 5.69 Å². The van der Waals surface area contributed by atoms with Gasteiger partial charge >= 0.3 is 0 Å². The van der Waals surface area contributed by atoms with Crippen molar-refractivity contribution in [3.05, 3.63) is 23.5 Å². The van der Waals surface area contributed by atoms with Crippen LogP contribution in [-0.4, -0.2) is 34.2 Å². The number of rotatable bonds is 2. The minimum absolute atomic E-state index is 0.00638. The number of aromatic nitrogens is 1. The minimum atomic E-state index is -0.00638. The molecule has 2 fully saturated rings. The number of aromatic amines is 1. The smallest absolute Gasteiger partial charge is 0.270 e. The Labute approximate surface area is 125 Å². The molecule has 4 heteroatoms. The fourth-order valence-electron chi connectivity index (χ4n) is 4.04. The highest BCUT2D eigenvalue weighted by atomic mass is 16.2. The summed E-state index contributed by atoms with van der Waals surface area (Å²) in [6.45, 7) is 4.69. The van der Waals surface area contributed by atoms with Gasteiger partial charge in [-0.25, -0.2) is 0 Å². The summed E-state index contributed by atoms with van der Waals surface area (Å²) in [4.78, 5) is 29.2. The number of Topliss-reactive ketones (excluding diaryl/α,β-unsaturated/α-hetero) is 1. The summed E-state index contributed by atoms with van der Waals surface area (Å²) >= 11 is 0. The predicted molar refractivity (Wildman–Crippen MR) is 81.4 cm³/mol. The van der Waals surface area contributed by atoms with E-state index in [1.165, 1.54) is 26.2 Å². The first-order chi connectivity index (χ1) is 10.1. The van der Waals surface area contributed by atoms with Crippen LogP contribution in [-0.2, 0) is 0 Å². The van der Waals surface area contributed by atoms with E-state index in [4.69, 9.17) is 0 Å². The molecule has 21 heavy (non-hydrogen) atoms. The second kappa shape index (κ2) is 5.66. The van der Waals surface area contributed by atoms with Crippen LogP contribution < -0.4 is 0 Å². The second-order valence-corrected chi connectivity index (χ2v) is 6.64. The quantitative estimate of drug-likeness (QED) is 0.849. The van der Waals surface area contributed by atoms with Crippen molar-refractivity contribution in [2.45, 2.75) is 52.0 Å². The lowest BCUT2D eigenvalue weighted by Gasteiger charge is -2.47. The number of nitrogens with zero attached hydrogens (tertiary/aromatic N) is 1. The highest BCUT2D eigenvalue weighted by Gasteiger charge is 2.39. The van der Waals surface area contributed by atoms with E-state index in [0.29, 0.717) is 23.2 Å². The third kappa shape index (κ3) is 2.63. The van der Waals surface area contributed by atoms with Crippen LogP contribution in [0.2, 0.25) is 0 Å². The van der Waals surface area contributed by atoms with Gasteiger partial charge in [0.15, 0.2) is 5.78 Å². The zero-order valence-corrected chi connectivity index (χ0v) is 12.9. The molecule has 114 valence electrons. The monoisotopic (exact) mass is 288 g/mol. The summed E-state index contributed by atoms with van der Waals surface area (Å²) in [6.07, 6.45) is 7.62. The number of piperidine rings is 1. The van der Waals surface area contributed by atoms with Crippen molar-refractivity contribution in [1.82, 2.24) is 9.88 Å². The lowest BCUT2D eigenvalue weighted by Crippen LogP contribution is -2.52. The molecule has 3 rings (SSSR count). The molecule has 2 heterocycles. The molecule has 1 saturated carbocycles. The highest BCUT2D eigenvalue weighted by molar-refractivity contribution is 5.99. The van der Waals surface area contributed by atoms with Gasteiger partial charge in [0, 0.05) is 24.3 Å². The largest absolute Gasteiger partial charge is 0.356 e. The first-order valence-electron chi connectivity index (χ1n) is 8.08. The Bertz CT molecular complexity index is 549. The molecule has 0 radical (unpaired) electrons. The Morgan fingerprint density at radius 1 is 1.24 bits per heavy atom. The molecular formula is C17H24N2O2. The number of fused-ring (bicyclic) bond motifs is 1. The van der Waals surface area contributed by atoms with Gasteiger partial charge in [0.05, 0.1) is 0 Å². The Balaban J connectivity index is 1.81. The molecule has 0 spiro atoms. The predicted octanol–water partition coefficient (Wildman–Crippen LogP) is 3.26. The Hall–Kier alpha value is -1.58. The second-order valence-electron chi connectivity index (χ2n) is 6.64. The third-order valence-corrected chi connectivity index (χ3v) is 5.32. The van der Waals surface area contributed by atoms with Crippen LogP contribution in [0, 0.1) is 11.8 Å². The van der Waals surface area contributed by atoms with E-state index in [0.717, 1.165) is 25.3 Å². The van der Waals surface area contributed by atoms with Crippen molar-refractivity contribution in [1.29, 1.82) is 0 Å². The van der Waals surface area contributed by atoms with Crippen molar-refractivity contribution in [3.63, 3.8) is 0 Å². The van der Waals surface area contributed by atoms with Crippen LogP contribution >= 0.6 is 0 Å². The zero-order chi connectivity index (χ0) is 15.0. The van der Waals surface area contributed by atoms with E-state index in [1.54, 1.807) is 12.3 Å². The van der Waals surface area contributed by atoms with Crippen LogP contribution in [0.3, 0.4) is 0 Å². The molecule has 0 bridgehead atoms. The molecule has 1 amide bonds. The number of H-pyrrole nitrogens is 1. The van der Waals surface area contributed by atoms with E-state index in [-0.39, 0.29) is 11.7 Å². The molecule has 1 aromatic rings. The number of carbonyl (C=O) groups excluding carboxylic acids is 2. The van der Waals surface area contributed by atoms with Crippen LogP contribution in [0.1, 0.15) is 66.8 Å². The Morgan fingerprint density at radius 2 is 2.00 bits per heavy atom. The van der Waals surface area contributed by atoms with E-state index in [9.17, 15) is 9.59 Å². The lowest BCUT2D eigenvalue weighted by molar-refractivity contribution is 0.0213. The van der Waals surface area contributed by atoms with Gasteiger partial charge in [-0.3, -0.25) is 9.59 Å². The van der Waals surface area contributed by atoms with Gasteiger partial charge in [0.25, 0.3) is 5.91 Å². The summed E-state index contributed by atoms with van der Waals surface area (Å²) in [5, 5.41) is 0. The summed E-state index contributed by atoms with van der Waals surface area (Å²) in [5.41, 5.74) is 1.14. The fourth-order valence-corrected chi connectivity index (χ4v) is 4.04. The van der Waals surface area contributed by atoms with Crippen LogP contribution in [0.5, 0.6) is 0 Å². The summed E-state index contributed by atoms with van der Waals surface area (Å²) in [7, 11) is 0. The SMILES string of the molecule is CC(=O)c1c[nH]c(C(=O)N2CCC(C)C3CCCCC32)c1. The Morgan fingerprint density at radius 3 is 2.71 bits per heavy atom. The molecule has 3 atom stereocenters. The maximum atomic E-state index is 12.8. The van der Waals surface area contributed by atoms with Crippen molar-refractivity contribution >= 4 is 11.7 Å². The molecule has 1 aliphatic heterocycles. The summed E-state index contributed by atoms with van der Waals surface area (Å²) in [6, 6.07) is 2.08. The van der Waals surface area contributed by atoms with Gasteiger partial charge in [-0.2, -0.15) is 0 Å².